The Labute approximate surface area is 97.5 Å². The van der Waals surface area contributed by atoms with Gasteiger partial charge in [0.2, 0.25) is 0 Å². The average Bonchev–Trinajstić information content (AvgIpc) is 2.73. The van der Waals surface area contributed by atoms with Gasteiger partial charge in [-0.25, -0.2) is 9.97 Å². The standard InChI is InChI=1S/C14H9N3/c1-2-6-10-9(5-1)13-14(16-10)17-12-8-4-3-7-11(12)15-13/h1-8,15H. The molecule has 1 N–H and O–H groups in total. The number of rotatable bonds is 0. The number of benzene rings is 2. The van der Waals surface area contributed by atoms with Crippen LogP contribution in [0.25, 0.3) is 33.5 Å². The summed E-state index contributed by atoms with van der Waals surface area (Å²) in [6, 6.07) is 16.1. The predicted octanol–water partition coefficient (Wildman–Crippen LogP) is 3.22. The smallest absolute Gasteiger partial charge is 0.177 e. The Morgan fingerprint density at radius 1 is 0.765 bits per heavy atom. The van der Waals surface area contributed by atoms with E-state index in [0.29, 0.717) is 0 Å². The highest BCUT2D eigenvalue weighted by atomic mass is 15.0. The van der Waals surface area contributed by atoms with Crippen LogP contribution in [-0.2, 0) is 0 Å². The summed E-state index contributed by atoms with van der Waals surface area (Å²) >= 11 is 0. The van der Waals surface area contributed by atoms with E-state index in [1.807, 2.05) is 42.5 Å². The molecule has 0 atom stereocenters. The lowest BCUT2D eigenvalue weighted by molar-refractivity contribution is 1.24. The summed E-state index contributed by atoms with van der Waals surface area (Å²) in [5, 5.41) is 1.13. The summed E-state index contributed by atoms with van der Waals surface area (Å²) in [5.74, 6) is 0.782. The predicted molar refractivity (Wildman–Crippen MR) is 68.0 cm³/mol. The molecule has 2 heterocycles. The van der Waals surface area contributed by atoms with Gasteiger partial charge in [-0.2, -0.15) is 0 Å². The van der Waals surface area contributed by atoms with Crippen LogP contribution in [0, 0.1) is 0 Å². The molecule has 0 fully saturated rings. The van der Waals surface area contributed by atoms with Crippen LogP contribution in [0.3, 0.4) is 0 Å². The van der Waals surface area contributed by atoms with Crippen molar-refractivity contribution in [1.29, 1.82) is 0 Å². The summed E-state index contributed by atoms with van der Waals surface area (Å²) in [7, 11) is 0. The molecule has 0 unspecified atom stereocenters. The molecule has 2 aliphatic rings. The second kappa shape index (κ2) is 3.04. The Morgan fingerprint density at radius 3 is 2.41 bits per heavy atom. The van der Waals surface area contributed by atoms with Crippen molar-refractivity contribution in [3.05, 3.63) is 48.5 Å². The lowest BCUT2D eigenvalue weighted by atomic mass is 10.2. The molecule has 0 bridgehead atoms. The maximum Gasteiger partial charge on any atom is 0.177 e. The fourth-order valence-corrected chi connectivity index (χ4v) is 2.20. The van der Waals surface area contributed by atoms with E-state index in [0.717, 1.165) is 33.5 Å². The summed E-state index contributed by atoms with van der Waals surface area (Å²) in [5.41, 5.74) is 3.99. The first-order valence-electron chi connectivity index (χ1n) is 5.55. The van der Waals surface area contributed by atoms with Crippen LogP contribution in [0.4, 0.5) is 0 Å². The molecule has 0 spiro atoms. The zero-order valence-corrected chi connectivity index (χ0v) is 9.01. The molecule has 3 heteroatoms. The molecule has 2 aliphatic heterocycles. The van der Waals surface area contributed by atoms with Gasteiger partial charge in [0.15, 0.2) is 5.82 Å². The van der Waals surface area contributed by atoms with Crippen molar-refractivity contribution in [3.8, 4) is 11.5 Å². The van der Waals surface area contributed by atoms with Gasteiger partial charge in [0, 0.05) is 5.39 Å². The molecule has 0 saturated heterocycles. The molecule has 0 aromatic heterocycles. The highest BCUT2D eigenvalue weighted by Crippen LogP contribution is 2.29. The molecule has 2 aromatic carbocycles. The van der Waals surface area contributed by atoms with Crippen molar-refractivity contribution in [1.82, 2.24) is 15.0 Å². The van der Waals surface area contributed by atoms with Gasteiger partial charge in [-0.15, -0.1) is 0 Å². The van der Waals surface area contributed by atoms with Crippen molar-refractivity contribution in [2.75, 3.05) is 0 Å². The average molecular weight is 219 g/mol. The summed E-state index contributed by atoms with van der Waals surface area (Å²) < 4.78 is 0. The lowest BCUT2D eigenvalue weighted by Gasteiger charge is -2.02. The van der Waals surface area contributed by atoms with Crippen LogP contribution in [0.15, 0.2) is 48.5 Å². The van der Waals surface area contributed by atoms with Crippen molar-refractivity contribution < 1.29 is 0 Å². The number of nitrogens with zero attached hydrogens (tertiary/aromatic N) is 2. The Kier molecular flexibility index (Phi) is 1.56. The fourth-order valence-electron chi connectivity index (χ4n) is 2.20. The molecule has 3 nitrogen and oxygen atoms in total. The van der Waals surface area contributed by atoms with Gasteiger partial charge in [0.05, 0.1) is 22.2 Å². The number of para-hydroxylation sites is 3. The van der Waals surface area contributed by atoms with Crippen molar-refractivity contribution in [2.45, 2.75) is 0 Å². The maximum atomic E-state index is 4.57. The van der Waals surface area contributed by atoms with Gasteiger partial charge >= 0.3 is 0 Å². The van der Waals surface area contributed by atoms with E-state index in [1.165, 1.54) is 0 Å². The van der Waals surface area contributed by atoms with Gasteiger partial charge < -0.3 is 4.98 Å². The van der Waals surface area contributed by atoms with E-state index in [1.54, 1.807) is 0 Å². The SMILES string of the molecule is c1ccc2[nH]c3c4ccccc4nc-3nc2c1. The minimum atomic E-state index is 0.782. The van der Waals surface area contributed by atoms with E-state index in [2.05, 4.69) is 21.0 Å². The van der Waals surface area contributed by atoms with E-state index >= 15 is 0 Å². The molecule has 2 aromatic rings. The van der Waals surface area contributed by atoms with Crippen LogP contribution in [0.1, 0.15) is 0 Å². The Balaban J connectivity index is 2.25. The zero-order chi connectivity index (χ0) is 11.2. The number of nitrogens with one attached hydrogen (secondary N) is 1. The zero-order valence-electron chi connectivity index (χ0n) is 9.01. The summed E-state index contributed by atoms with van der Waals surface area (Å²) in [6.45, 7) is 0. The molecule has 80 valence electrons. The minimum Gasteiger partial charge on any atom is -0.350 e. The Morgan fingerprint density at radius 2 is 1.47 bits per heavy atom. The maximum absolute atomic E-state index is 4.57. The first-order valence-corrected chi connectivity index (χ1v) is 5.55. The molecule has 0 saturated carbocycles. The number of aromatic amines is 1. The van der Waals surface area contributed by atoms with Gasteiger partial charge in [-0.05, 0) is 18.2 Å². The van der Waals surface area contributed by atoms with Crippen LogP contribution in [0.2, 0.25) is 0 Å². The normalized spacial score (nSPS) is 11.5. The first kappa shape index (κ1) is 8.70. The Bertz CT molecular complexity index is 795. The van der Waals surface area contributed by atoms with Crippen LogP contribution in [0.5, 0.6) is 0 Å². The molecular weight excluding hydrogens is 210 g/mol. The third-order valence-electron chi connectivity index (χ3n) is 3.01. The van der Waals surface area contributed by atoms with E-state index < -0.39 is 0 Å². The highest BCUT2D eigenvalue weighted by Gasteiger charge is 2.13. The van der Waals surface area contributed by atoms with Crippen LogP contribution in [-0.4, -0.2) is 15.0 Å². The van der Waals surface area contributed by atoms with Gasteiger partial charge in [0.1, 0.15) is 0 Å². The number of hydrogen-bond donors (Lipinski definition) is 1. The number of fused-ring (bicyclic) bond motifs is 4. The van der Waals surface area contributed by atoms with Gasteiger partial charge in [-0.1, -0.05) is 30.3 Å². The van der Waals surface area contributed by atoms with Crippen molar-refractivity contribution in [3.63, 3.8) is 0 Å². The van der Waals surface area contributed by atoms with Crippen LogP contribution < -0.4 is 0 Å². The number of aromatic nitrogens is 3. The van der Waals surface area contributed by atoms with Crippen molar-refractivity contribution in [2.24, 2.45) is 0 Å². The van der Waals surface area contributed by atoms with E-state index in [9.17, 15) is 0 Å². The van der Waals surface area contributed by atoms with Crippen molar-refractivity contribution >= 4 is 21.9 Å². The monoisotopic (exact) mass is 219 g/mol. The minimum absolute atomic E-state index is 0.782. The number of hydrogen-bond acceptors (Lipinski definition) is 2. The molecule has 0 aliphatic carbocycles. The third-order valence-corrected chi connectivity index (χ3v) is 3.01. The van der Waals surface area contributed by atoms with Gasteiger partial charge in [-0.3, -0.25) is 0 Å². The summed E-state index contributed by atoms with van der Waals surface area (Å²) in [4.78, 5) is 12.5. The largest absolute Gasteiger partial charge is 0.350 e. The van der Waals surface area contributed by atoms with Crippen LogP contribution >= 0.6 is 0 Å². The van der Waals surface area contributed by atoms with E-state index in [4.69, 9.17) is 0 Å². The summed E-state index contributed by atoms with van der Waals surface area (Å²) in [6.07, 6.45) is 0. The topological polar surface area (TPSA) is 41.6 Å². The second-order valence-electron chi connectivity index (χ2n) is 4.08. The second-order valence-corrected chi connectivity index (χ2v) is 4.08. The lowest BCUT2D eigenvalue weighted by Crippen LogP contribution is -1.90. The molecule has 17 heavy (non-hydrogen) atoms. The molecule has 4 rings (SSSR count). The molecule has 0 amide bonds. The highest BCUT2D eigenvalue weighted by molar-refractivity contribution is 5.96. The first-order chi connectivity index (χ1) is 8.42. The fraction of sp³-hybridized carbons (Fsp3) is 0. The molecular formula is C14H9N3. The van der Waals surface area contributed by atoms with Gasteiger partial charge in [0.25, 0.3) is 0 Å². The number of H-pyrrole nitrogens is 1. The quantitative estimate of drug-likeness (QED) is 0.493. The Hall–Kier alpha value is -2.42. The molecule has 0 radical (unpaired) electrons. The third kappa shape index (κ3) is 1.16. The van der Waals surface area contributed by atoms with E-state index in [-0.39, 0.29) is 0 Å².